The zero-order valence-corrected chi connectivity index (χ0v) is 9.96. The zero-order valence-electron chi connectivity index (χ0n) is 9.14. The van der Waals surface area contributed by atoms with Crippen LogP contribution < -0.4 is 10.6 Å². The molecule has 13 heavy (non-hydrogen) atoms. The quantitative estimate of drug-likeness (QED) is 0.616. The Labute approximate surface area is 84.1 Å². The Kier molecular flexibility index (Phi) is 6.55. The van der Waals surface area contributed by atoms with Gasteiger partial charge in [0, 0.05) is 48.0 Å². The van der Waals surface area contributed by atoms with E-state index in [1.807, 2.05) is 0 Å². The van der Waals surface area contributed by atoms with Gasteiger partial charge in [0.25, 0.3) is 0 Å². The molecular formula is C9H22N2OS. The van der Waals surface area contributed by atoms with Gasteiger partial charge in [-0.3, -0.25) is 4.21 Å². The van der Waals surface area contributed by atoms with Crippen molar-refractivity contribution in [1.82, 2.24) is 10.6 Å². The monoisotopic (exact) mass is 206 g/mol. The van der Waals surface area contributed by atoms with Crippen LogP contribution in [0.25, 0.3) is 0 Å². The van der Waals surface area contributed by atoms with Crippen LogP contribution >= 0.6 is 0 Å². The summed E-state index contributed by atoms with van der Waals surface area (Å²) in [6.07, 6.45) is 1.73. The molecule has 2 N–H and O–H groups in total. The van der Waals surface area contributed by atoms with Crippen molar-refractivity contribution < 1.29 is 4.21 Å². The molecule has 1 unspecified atom stereocenters. The minimum atomic E-state index is -0.671. The van der Waals surface area contributed by atoms with Gasteiger partial charge < -0.3 is 10.6 Å². The third kappa shape index (κ3) is 12.1. The van der Waals surface area contributed by atoms with Crippen LogP contribution in [-0.4, -0.2) is 41.4 Å². The number of hydrogen-bond donors (Lipinski definition) is 2. The SMILES string of the molecule is CS(=O)CCNCCNC(C)(C)C. The van der Waals surface area contributed by atoms with Crippen molar-refractivity contribution in [3.63, 3.8) is 0 Å². The van der Waals surface area contributed by atoms with E-state index in [0.717, 1.165) is 25.4 Å². The molecule has 0 spiro atoms. The molecule has 0 aliphatic rings. The van der Waals surface area contributed by atoms with Gasteiger partial charge in [0.05, 0.1) is 0 Å². The predicted octanol–water partition coefficient (Wildman–Crippen LogP) is 0.343. The van der Waals surface area contributed by atoms with Crippen LogP contribution in [-0.2, 0) is 10.8 Å². The summed E-state index contributed by atoms with van der Waals surface area (Å²) >= 11 is 0. The topological polar surface area (TPSA) is 41.1 Å². The largest absolute Gasteiger partial charge is 0.315 e. The van der Waals surface area contributed by atoms with E-state index in [1.54, 1.807) is 6.26 Å². The van der Waals surface area contributed by atoms with E-state index in [4.69, 9.17) is 0 Å². The maximum atomic E-state index is 10.7. The summed E-state index contributed by atoms with van der Waals surface area (Å²) in [6, 6.07) is 0. The molecule has 0 saturated carbocycles. The summed E-state index contributed by atoms with van der Waals surface area (Å²) in [5.74, 6) is 0.746. The first kappa shape index (κ1) is 13.1. The number of hydrogen-bond acceptors (Lipinski definition) is 3. The van der Waals surface area contributed by atoms with Crippen molar-refractivity contribution in [2.24, 2.45) is 0 Å². The van der Waals surface area contributed by atoms with Crippen molar-refractivity contribution >= 4 is 10.8 Å². The van der Waals surface area contributed by atoms with Crippen molar-refractivity contribution in [1.29, 1.82) is 0 Å². The zero-order chi connectivity index (χ0) is 10.3. The molecule has 0 bridgehead atoms. The van der Waals surface area contributed by atoms with Gasteiger partial charge in [0.2, 0.25) is 0 Å². The molecule has 0 aromatic heterocycles. The highest BCUT2D eigenvalue weighted by Crippen LogP contribution is 1.96. The van der Waals surface area contributed by atoms with Gasteiger partial charge in [0.15, 0.2) is 0 Å². The molecule has 1 atom stereocenters. The first-order chi connectivity index (χ1) is 5.92. The van der Waals surface area contributed by atoms with Gasteiger partial charge in [-0.15, -0.1) is 0 Å². The second-order valence-corrected chi connectivity index (χ2v) is 5.76. The lowest BCUT2D eigenvalue weighted by Gasteiger charge is -2.20. The fourth-order valence-corrected chi connectivity index (χ4v) is 1.30. The Morgan fingerprint density at radius 3 is 2.23 bits per heavy atom. The molecule has 4 heteroatoms. The van der Waals surface area contributed by atoms with E-state index >= 15 is 0 Å². The summed E-state index contributed by atoms with van der Waals surface area (Å²) in [6.45, 7) is 9.18. The van der Waals surface area contributed by atoms with E-state index in [2.05, 4.69) is 31.4 Å². The molecule has 3 nitrogen and oxygen atoms in total. The Hall–Kier alpha value is 0.0700. The second kappa shape index (κ2) is 6.51. The maximum absolute atomic E-state index is 10.7. The Morgan fingerprint density at radius 1 is 1.15 bits per heavy atom. The van der Waals surface area contributed by atoms with Gasteiger partial charge in [0.1, 0.15) is 0 Å². The van der Waals surface area contributed by atoms with Crippen LogP contribution in [0.2, 0.25) is 0 Å². The summed E-state index contributed by atoms with van der Waals surface area (Å²) in [5, 5.41) is 6.61. The third-order valence-corrected chi connectivity index (χ3v) is 2.30. The van der Waals surface area contributed by atoms with Crippen LogP contribution in [0.5, 0.6) is 0 Å². The lowest BCUT2D eigenvalue weighted by Crippen LogP contribution is -2.40. The molecule has 0 heterocycles. The van der Waals surface area contributed by atoms with Crippen molar-refractivity contribution in [2.75, 3.05) is 31.6 Å². The summed E-state index contributed by atoms with van der Waals surface area (Å²) in [4.78, 5) is 0. The Bertz CT molecular complexity index is 154. The lowest BCUT2D eigenvalue weighted by molar-refractivity contribution is 0.423. The van der Waals surface area contributed by atoms with Gasteiger partial charge >= 0.3 is 0 Å². The van der Waals surface area contributed by atoms with Gasteiger partial charge in [-0.2, -0.15) is 0 Å². The predicted molar refractivity (Wildman–Crippen MR) is 59.6 cm³/mol. The van der Waals surface area contributed by atoms with E-state index in [1.165, 1.54) is 0 Å². The molecule has 0 rings (SSSR count). The average molecular weight is 206 g/mol. The maximum Gasteiger partial charge on any atom is 0.0357 e. The first-order valence-corrected chi connectivity index (χ1v) is 6.40. The number of rotatable bonds is 6. The van der Waals surface area contributed by atoms with E-state index in [0.29, 0.717) is 0 Å². The lowest BCUT2D eigenvalue weighted by atomic mass is 10.1. The van der Waals surface area contributed by atoms with Crippen LogP contribution in [0.1, 0.15) is 20.8 Å². The molecule has 80 valence electrons. The summed E-state index contributed by atoms with van der Waals surface area (Å²) < 4.78 is 10.7. The fraction of sp³-hybridized carbons (Fsp3) is 1.00. The Balaban J connectivity index is 3.13. The van der Waals surface area contributed by atoms with Crippen molar-refractivity contribution in [2.45, 2.75) is 26.3 Å². The van der Waals surface area contributed by atoms with E-state index in [-0.39, 0.29) is 5.54 Å². The molecule has 0 aromatic carbocycles. The highest BCUT2D eigenvalue weighted by Gasteiger charge is 2.06. The molecule has 0 amide bonds. The fourth-order valence-electron chi connectivity index (χ4n) is 0.867. The Morgan fingerprint density at radius 2 is 1.77 bits per heavy atom. The summed E-state index contributed by atoms with van der Waals surface area (Å²) in [5.41, 5.74) is 0.190. The minimum absolute atomic E-state index is 0.190. The highest BCUT2D eigenvalue weighted by atomic mass is 32.2. The van der Waals surface area contributed by atoms with Crippen molar-refractivity contribution in [3.8, 4) is 0 Å². The molecule has 0 aliphatic carbocycles. The van der Waals surface area contributed by atoms with E-state index in [9.17, 15) is 4.21 Å². The molecule has 0 saturated heterocycles. The van der Waals surface area contributed by atoms with Gasteiger partial charge in [-0.25, -0.2) is 0 Å². The molecule has 0 aromatic rings. The molecular weight excluding hydrogens is 184 g/mol. The van der Waals surface area contributed by atoms with Crippen LogP contribution in [0.15, 0.2) is 0 Å². The standard InChI is InChI=1S/C9H22N2OS/c1-9(2,3)11-6-5-10-7-8-13(4)12/h10-11H,5-8H2,1-4H3. The third-order valence-electron chi connectivity index (χ3n) is 1.52. The van der Waals surface area contributed by atoms with Gasteiger partial charge in [-0.1, -0.05) is 0 Å². The second-order valence-electron chi connectivity index (χ2n) is 4.20. The molecule has 0 radical (unpaired) electrons. The minimum Gasteiger partial charge on any atom is -0.315 e. The summed E-state index contributed by atoms with van der Waals surface area (Å²) in [7, 11) is -0.671. The van der Waals surface area contributed by atoms with E-state index < -0.39 is 10.8 Å². The highest BCUT2D eigenvalue weighted by molar-refractivity contribution is 7.84. The van der Waals surface area contributed by atoms with Gasteiger partial charge in [-0.05, 0) is 20.8 Å². The number of nitrogens with one attached hydrogen (secondary N) is 2. The normalized spacial score (nSPS) is 14.5. The molecule has 0 aliphatic heterocycles. The first-order valence-electron chi connectivity index (χ1n) is 4.67. The van der Waals surface area contributed by atoms with Crippen molar-refractivity contribution in [3.05, 3.63) is 0 Å². The van der Waals surface area contributed by atoms with Crippen LogP contribution in [0, 0.1) is 0 Å². The smallest absolute Gasteiger partial charge is 0.0357 e. The van der Waals surface area contributed by atoms with Crippen LogP contribution in [0.4, 0.5) is 0 Å². The molecule has 0 fully saturated rings. The van der Waals surface area contributed by atoms with Crippen LogP contribution in [0.3, 0.4) is 0 Å². The average Bonchev–Trinajstić information content (AvgIpc) is 1.93.